The standard InChI is InChI=1S/C16H23NO/c18-12-16(8-2-9-16)15-6-4-13(5-7-15)14-3-1-10-17-11-14/h4-7,14,17-18H,1-3,8-12H2. The maximum Gasteiger partial charge on any atom is 0.0527 e. The van der Waals surface area contributed by atoms with E-state index in [-0.39, 0.29) is 5.41 Å². The average molecular weight is 245 g/mol. The second-order valence-corrected chi connectivity index (χ2v) is 5.96. The van der Waals surface area contributed by atoms with Crippen LogP contribution in [0.15, 0.2) is 24.3 Å². The van der Waals surface area contributed by atoms with Crippen LogP contribution in [0.4, 0.5) is 0 Å². The molecule has 1 unspecified atom stereocenters. The summed E-state index contributed by atoms with van der Waals surface area (Å²) in [6, 6.07) is 9.06. The van der Waals surface area contributed by atoms with Gasteiger partial charge >= 0.3 is 0 Å². The van der Waals surface area contributed by atoms with Gasteiger partial charge in [0.15, 0.2) is 0 Å². The second kappa shape index (κ2) is 5.02. The van der Waals surface area contributed by atoms with Crippen LogP contribution in [0.3, 0.4) is 0 Å². The molecule has 1 aromatic carbocycles. The first-order valence-corrected chi connectivity index (χ1v) is 7.26. The van der Waals surface area contributed by atoms with Crippen LogP contribution in [0.25, 0.3) is 0 Å². The van der Waals surface area contributed by atoms with Crippen LogP contribution in [0, 0.1) is 0 Å². The summed E-state index contributed by atoms with van der Waals surface area (Å²) in [5, 5.41) is 13.1. The van der Waals surface area contributed by atoms with E-state index < -0.39 is 0 Å². The molecule has 1 aliphatic carbocycles. The largest absolute Gasteiger partial charge is 0.395 e. The maximum atomic E-state index is 9.60. The van der Waals surface area contributed by atoms with E-state index in [2.05, 4.69) is 29.6 Å². The van der Waals surface area contributed by atoms with Gasteiger partial charge < -0.3 is 10.4 Å². The fourth-order valence-corrected chi connectivity index (χ4v) is 3.39. The van der Waals surface area contributed by atoms with Crippen LogP contribution in [0.5, 0.6) is 0 Å². The lowest BCUT2D eigenvalue weighted by atomic mass is 9.65. The Morgan fingerprint density at radius 1 is 1.17 bits per heavy atom. The normalized spacial score (nSPS) is 26.6. The number of hydrogen-bond donors (Lipinski definition) is 2. The smallest absolute Gasteiger partial charge is 0.0527 e. The Morgan fingerprint density at radius 2 is 1.94 bits per heavy atom. The third-order valence-electron chi connectivity index (χ3n) is 4.90. The molecule has 2 fully saturated rings. The summed E-state index contributed by atoms with van der Waals surface area (Å²) in [6.07, 6.45) is 6.14. The Labute approximate surface area is 109 Å². The van der Waals surface area contributed by atoms with Gasteiger partial charge in [0.05, 0.1) is 6.61 Å². The molecule has 0 spiro atoms. The first-order chi connectivity index (χ1) is 8.84. The third-order valence-corrected chi connectivity index (χ3v) is 4.90. The Bertz CT molecular complexity index is 383. The molecule has 1 saturated heterocycles. The first-order valence-electron chi connectivity index (χ1n) is 7.26. The van der Waals surface area contributed by atoms with E-state index in [1.807, 2.05) is 0 Å². The first kappa shape index (κ1) is 12.2. The van der Waals surface area contributed by atoms with Crippen molar-refractivity contribution in [1.82, 2.24) is 5.32 Å². The number of rotatable bonds is 3. The van der Waals surface area contributed by atoms with Crippen LogP contribution in [-0.4, -0.2) is 24.8 Å². The zero-order valence-electron chi connectivity index (χ0n) is 11.0. The van der Waals surface area contributed by atoms with Gasteiger partial charge in [-0.3, -0.25) is 0 Å². The highest BCUT2D eigenvalue weighted by Gasteiger charge is 2.37. The van der Waals surface area contributed by atoms with Crippen LogP contribution in [-0.2, 0) is 5.41 Å². The van der Waals surface area contributed by atoms with Gasteiger partial charge in [-0.2, -0.15) is 0 Å². The number of aliphatic hydroxyl groups excluding tert-OH is 1. The van der Waals surface area contributed by atoms with Gasteiger partial charge in [0, 0.05) is 12.0 Å². The second-order valence-electron chi connectivity index (χ2n) is 5.96. The van der Waals surface area contributed by atoms with E-state index in [1.165, 1.54) is 36.9 Å². The Balaban J connectivity index is 1.76. The number of benzene rings is 1. The zero-order chi connectivity index (χ0) is 12.4. The highest BCUT2D eigenvalue weighted by Crippen LogP contribution is 2.43. The molecule has 0 amide bonds. The number of aliphatic hydroxyl groups is 1. The summed E-state index contributed by atoms with van der Waals surface area (Å²) in [5.41, 5.74) is 2.88. The van der Waals surface area contributed by atoms with E-state index in [9.17, 15) is 5.11 Å². The minimum Gasteiger partial charge on any atom is -0.395 e. The van der Waals surface area contributed by atoms with Crippen molar-refractivity contribution >= 4 is 0 Å². The van der Waals surface area contributed by atoms with Crippen LogP contribution >= 0.6 is 0 Å². The van der Waals surface area contributed by atoms with Crippen molar-refractivity contribution in [2.45, 2.75) is 43.4 Å². The summed E-state index contributed by atoms with van der Waals surface area (Å²) in [5.74, 6) is 0.680. The summed E-state index contributed by atoms with van der Waals surface area (Å²) in [6.45, 7) is 2.59. The van der Waals surface area contributed by atoms with E-state index in [1.54, 1.807) is 0 Å². The molecule has 1 heterocycles. The quantitative estimate of drug-likeness (QED) is 0.858. The molecular weight excluding hydrogens is 222 g/mol. The van der Waals surface area contributed by atoms with Crippen molar-refractivity contribution < 1.29 is 5.11 Å². The van der Waals surface area contributed by atoms with E-state index in [4.69, 9.17) is 0 Å². The van der Waals surface area contributed by atoms with E-state index in [0.717, 1.165) is 19.4 Å². The predicted octanol–water partition coefficient (Wildman–Crippen LogP) is 2.57. The molecule has 2 nitrogen and oxygen atoms in total. The Morgan fingerprint density at radius 3 is 2.44 bits per heavy atom. The topological polar surface area (TPSA) is 32.3 Å². The average Bonchev–Trinajstić information content (AvgIpc) is 2.40. The van der Waals surface area contributed by atoms with Crippen molar-refractivity contribution in [1.29, 1.82) is 0 Å². The predicted molar refractivity (Wildman–Crippen MR) is 73.9 cm³/mol. The Hall–Kier alpha value is -0.860. The third kappa shape index (κ3) is 2.08. The molecule has 1 atom stereocenters. The molecule has 1 aromatic rings. The van der Waals surface area contributed by atoms with Crippen molar-refractivity contribution in [3.63, 3.8) is 0 Å². The minimum absolute atomic E-state index is 0.0867. The number of piperidine rings is 1. The van der Waals surface area contributed by atoms with Gasteiger partial charge in [0.2, 0.25) is 0 Å². The lowest BCUT2D eigenvalue weighted by molar-refractivity contribution is 0.120. The van der Waals surface area contributed by atoms with Gasteiger partial charge in [-0.25, -0.2) is 0 Å². The van der Waals surface area contributed by atoms with Crippen molar-refractivity contribution in [3.8, 4) is 0 Å². The molecule has 1 saturated carbocycles. The maximum absolute atomic E-state index is 9.60. The van der Waals surface area contributed by atoms with Gasteiger partial charge in [0.25, 0.3) is 0 Å². The fraction of sp³-hybridized carbons (Fsp3) is 0.625. The van der Waals surface area contributed by atoms with Crippen molar-refractivity contribution in [2.75, 3.05) is 19.7 Å². The highest BCUT2D eigenvalue weighted by atomic mass is 16.3. The van der Waals surface area contributed by atoms with E-state index in [0.29, 0.717) is 12.5 Å². The lowest BCUT2D eigenvalue weighted by Gasteiger charge is -2.41. The van der Waals surface area contributed by atoms with Crippen LogP contribution in [0.1, 0.15) is 49.1 Å². The monoisotopic (exact) mass is 245 g/mol. The molecule has 0 aromatic heterocycles. The molecule has 0 radical (unpaired) electrons. The summed E-state index contributed by atoms with van der Waals surface area (Å²) in [7, 11) is 0. The van der Waals surface area contributed by atoms with Gasteiger partial charge in [-0.15, -0.1) is 0 Å². The Kier molecular flexibility index (Phi) is 3.40. The molecule has 2 heteroatoms. The summed E-state index contributed by atoms with van der Waals surface area (Å²) < 4.78 is 0. The van der Waals surface area contributed by atoms with Gasteiger partial charge in [-0.05, 0) is 49.3 Å². The SMILES string of the molecule is OCC1(c2ccc(C3CCCNC3)cc2)CCC1. The molecule has 18 heavy (non-hydrogen) atoms. The number of hydrogen-bond acceptors (Lipinski definition) is 2. The van der Waals surface area contributed by atoms with Gasteiger partial charge in [-0.1, -0.05) is 30.7 Å². The molecule has 0 bridgehead atoms. The molecular formula is C16H23NO. The zero-order valence-corrected chi connectivity index (χ0v) is 11.0. The van der Waals surface area contributed by atoms with E-state index >= 15 is 0 Å². The molecule has 98 valence electrons. The number of nitrogens with one attached hydrogen (secondary N) is 1. The highest BCUT2D eigenvalue weighted by molar-refractivity contribution is 5.33. The molecule has 2 N–H and O–H groups in total. The van der Waals surface area contributed by atoms with Crippen molar-refractivity contribution in [2.24, 2.45) is 0 Å². The fourth-order valence-electron chi connectivity index (χ4n) is 3.39. The molecule has 1 aliphatic heterocycles. The molecule has 3 rings (SSSR count). The van der Waals surface area contributed by atoms with Crippen molar-refractivity contribution in [3.05, 3.63) is 35.4 Å². The van der Waals surface area contributed by atoms with Crippen LogP contribution < -0.4 is 5.32 Å². The van der Waals surface area contributed by atoms with Gasteiger partial charge in [0.1, 0.15) is 0 Å². The molecule has 2 aliphatic rings. The lowest BCUT2D eigenvalue weighted by Crippen LogP contribution is -2.37. The minimum atomic E-state index is 0.0867. The summed E-state index contributed by atoms with van der Waals surface area (Å²) >= 11 is 0. The summed E-state index contributed by atoms with van der Waals surface area (Å²) in [4.78, 5) is 0. The van der Waals surface area contributed by atoms with Crippen LogP contribution in [0.2, 0.25) is 0 Å².